The highest BCUT2D eigenvalue weighted by atomic mass is 19.1. The second kappa shape index (κ2) is 7.86. The van der Waals surface area contributed by atoms with Gasteiger partial charge in [-0.3, -0.25) is 4.79 Å². The van der Waals surface area contributed by atoms with Crippen molar-refractivity contribution in [2.45, 2.75) is 20.1 Å². The summed E-state index contributed by atoms with van der Waals surface area (Å²) in [5.41, 5.74) is 3.14. The summed E-state index contributed by atoms with van der Waals surface area (Å²) in [5.74, 6) is 0.337. The first-order valence-corrected chi connectivity index (χ1v) is 9.90. The van der Waals surface area contributed by atoms with Gasteiger partial charge in [-0.05, 0) is 37.3 Å². The lowest BCUT2D eigenvalue weighted by atomic mass is 10.1. The lowest BCUT2D eigenvalue weighted by molar-refractivity contribution is 0.283. The van der Waals surface area contributed by atoms with E-state index in [0.717, 1.165) is 11.1 Å². The minimum atomic E-state index is -0.395. The lowest BCUT2D eigenvalue weighted by Gasteiger charge is -2.03. The van der Waals surface area contributed by atoms with Gasteiger partial charge in [0.05, 0.1) is 12.3 Å². The molecule has 0 aliphatic rings. The first-order chi connectivity index (χ1) is 15.5. The molecule has 8 nitrogen and oxygen atoms in total. The van der Waals surface area contributed by atoms with E-state index in [-0.39, 0.29) is 29.3 Å². The van der Waals surface area contributed by atoms with Crippen LogP contribution in [0.4, 0.5) is 4.39 Å². The van der Waals surface area contributed by atoms with E-state index >= 15 is 0 Å². The minimum Gasteiger partial charge on any atom is -0.392 e. The molecule has 2 aromatic carbocycles. The number of aryl methyl sites for hydroxylation is 1. The van der Waals surface area contributed by atoms with Crippen molar-refractivity contribution in [3.63, 3.8) is 0 Å². The summed E-state index contributed by atoms with van der Waals surface area (Å²) >= 11 is 0. The Balaban J connectivity index is 1.53. The Morgan fingerprint density at radius 1 is 1.09 bits per heavy atom. The number of aromatic nitrogens is 5. The smallest absolute Gasteiger partial charge is 0.277 e. The number of hydrogen-bond donors (Lipinski definition) is 1. The fourth-order valence-corrected chi connectivity index (χ4v) is 3.63. The van der Waals surface area contributed by atoms with Crippen LogP contribution in [-0.4, -0.2) is 29.4 Å². The van der Waals surface area contributed by atoms with Crippen LogP contribution in [-0.2, 0) is 13.2 Å². The van der Waals surface area contributed by atoms with Gasteiger partial charge in [-0.15, -0.1) is 0 Å². The Morgan fingerprint density at radius 3 is 2.66 bits per heavy atom. The van der Waals surface area contributed by atoms with Gasteiger partial charge in [0, 0.05) is 29.1 Å². The van der Waals surface area contributed by atoms with Crippen molar-refractivity contribution in [3.05, 3.63) is 94.1 Å². The van der Waals surface area contributed by atoms with Gasteiger partial charge in [-0.1, -0.05) is 28.9 Å². The van der Waals surface area contributed by atoms with Crippen molar-refractivity contribution in [2.75, 3.05) is 0 Å². The maximum absolute atomic E-state index is 13.3. The molecule has 0 radical (unpaired) electrons. The highest BCUT2D eigenvalue weighted by Crippen LogP contribution is 2.25. The number of nitrogens with zero attached hydrogens (tertiary/aromatic N) is 5. The number of aliphatic hydroxyl groups is 1. The SMILES string of the molecule is Cc1cccc(-c2noc(Cn3ccn4nc(-c5ccc(F)cc5)c(CO)c4c3=O)n2)c1. The molecule has 0 saturated carbocycles. The van der Waals surface area contributed by atoms with Gasteiger partial charge in [-0.25, -0.2) is 8.91 Å². The quantitative estimate of drug-likeness (QED) is 0.459. The highest BCUT2D eigenvalue weighted by Gasteiger charge is 2.19. The van der Waals surface area contributed by atoms with E-state index in [1.165, 1.54) is 21.2 Å². The van der Waals surface area contributed by atoms with Crippen LogP contribution in [0.5, 0.6) is 0 Å². The Labute approximate surface area is 181 Å². The number of halogens is 1. The van der Waals surface area contributed by atoms with Crippen molar-refractivity contribution >= 4 is 5.52 Å². The van der Waals surface area contributed by atoms with Crippen LogP contribution < -0.4 is 5.56 Å². The minimum absolute atomic E-state index is 0.0656. The molecule has 0 saturated heterocycles. The summed E-state index contributed by atoms with van der Waals surface area (Å²) < 4.78 is 21.5. The molecule has 0 atom stereocenters. The van der Waals surface area contributed by atoms with Gasteiger partial charge in [0.2, 0.25) is 11.7 Å². The molecular weight excluding hydrogens is 413 g/mol. The lowest BCUT2D eigenvalue weighted by Crippen LogP contribution is -2.22. The first-order valence-electron chi connectivity index (χ1n) is 9.90. The van der Waals surface area contributed by atoms with Gasteiger partial charge in [0.15, 0.2) is 0 Å². The fourth-order valence-electron chi connectivity index (χ4n) is 3.63. The van der Waals surface area contributed by atoms with Crippen LogP contribution in [0.15, 0.2) is 70.2 Å². The van der Waals surface area contributed by atoms with Gasteiger partial charge < -0.3 is 14.2 Å². The highest BCUT2D eigenvalue weighted by molar-refractivity contribution is 5.72. The van der Waals surface area contributed by atoms with E-state index in [4.69, 9.17) is 4.52 Å². The van der Waals surface area contributed by atoms with Crippen molar-refractivity contribution in [1.82, 2.24) is 24.3 Å². The zero-order valence-electron chi connectivity index (χ0n) is 17.1. The van der Waals surface area contributed by atoms with Gasteiger partial charge in [0.25, 0.3) is 5.56 Å². The zero-order valence-corrected chi connectivity index (χ0v) is 17.1. The molecule has 0 amide bonds. The Hall–Kier alpha value is -4.11. The van der Waals surface area contributed by atoms with E-state index in [2.05, 4.69) is 15.2 Å². The number of aliphatic hydroxyl groups excluding tert-OH is 1. The van der Waals surface area contributed by atoms with Crippen LogP contribution >= 0.6 is 0 Å². The Kier molecular flexibility index (Phi) is 4.87. The van der Waals surface area contributed by atoms with E-state index in [0.29, 0.717) is 22.6 Å². The Morgan fingerprint density at radius 2 is 1.91 bits per heavy atom. The van der Waals surface area contributed by atoms with Gasteiger partial charge in [-0.2, -0.15) is 10.1 Å². The third kappa shape index (κ3) is 3.48. The van der Waals surface area contributed by atoms with Crippen LogP contribution in [0.2, 0.25) is 0 Å². The maximum Gasteiger partial charge on any atom is 0.277 e. The number of benzene rings is 2. The number of rotatable bonds is 5. The molecule has 0 fully saturated rings. The average molecular weight is 431 g/mol. The van der Waals surface area contributed by atoms with Gasteiger partial charge in [0.1, 0.15) is 17.9 Å². The van der Waals surface area contributed by atoms with Crippen molar-refractivity contribution in [2.24, 2.45) is 0 Å². The molecule has 160 valence electrons. The Bertz CT molecular complexity index is 1480. The molecule has 9 heteroatoms. The fraction of sp³-hybridized carbons (Fsp3) is 0.130. The first kappa shape index (κ1) is 19.8. The molecule has 0 unspecified atom stereocenters. The van der Waals surface area contributed by atoms with Gasteiger partial charge >= 0.3 is 0 Å². The van der Waals surface area contributed by atoms with Crippen LogP contribution in [0, 0.1) is 12.7 Å². The topological polar surface area (TPSA) is 98.5 Å². The van der Waals surface area contributed by atoms with Crippen molar-refractivity contribution < 1.29 is 14.0 Å². The van der Waals surface area contributed by atoms with E-state index < -0.39 is 6.61 Å². The maximum atomic E-state index is 13.3. The summed E-state index contributed by atoms with van der Waals surface area (Å²) in [4.78, 5) is 17.6. The molecule has 5 rings (SSSR count). The van der Waals surface area contributed by atoms with E-state index in [1.54, 1.807) is 24.5 Å². The predicted molar refractivity (Wildman–Crippen MR) is 114 cm³/mol. The molecule has 0 aliphatic heterocycles. The van der Waals surface area contributed by atoms with Crippen LogP contribution in [0.1, 0.15) is 17.0 Å². The summed E-state index contributed by atoms with van der Waals surface area (Å²) in [6, 6.07) is 13.4. The number of fused-ring (bicyclic) bond motifs is 1. The third-order valence-electron chi connectivity index (χ3n) is 5.19. The van der Waals surface area contributed by atoms with Crippen LogP contribution in [0.3, 0.4) is 0 Å². The molecule has 5 aromatic rings. The summed E-state index contributed by atoms with van der Waals surface area (Å²) in [7, 11) is 0. The van der Waals surface area contributed by atoms with E-state index in [1.807, 2.05) is 31.2 Å². The zero-order chi connectivity index (χ0) is 22.2. The second-order valence-electron chi connectivity index (χ2n) is 7.40. The van der Waals surface area contributed by atoms with Crippen molar-refractivity contribution in [3.8, 4) is 22.6 Å². The summed E-state index contributed by atoms with van der Waals surface area (Å²) in [5, 5.41) is 18.4. The standard InChI is InChI=1S/C23H18FN5O3/c1-14-3-2-4-16(11-14)22-25-19(32-27-22)12-28-9-10-29-21(23(28)31)18(13-30)20(26-29)15-5-7-17(24)8-6-15/h2-11,30H,12-13H2,1H3. The monoisotopic (exact) mass is 431 g/mol. The number of hydrogen-bond acceptors (Lipinski definition) is 6. The largest absolute Gasteiger partial charge is 0.392 e. The third-order valence-corrected chi connectivity index (χ3v) is 5.19. The molecule has 3 aromatic heterocycles. The van der Waals surface area contributed by atoms with Crippen LogP contribution in [0.25, 0.3) is 28.2 Å². The average Bonchev–Trinajstić information content (AvgIpc) is 3.41. The molecule has 0 bridgehead atoms. The summed E-state index contributed by atoms with van der Waals surface area (Å²) in [6.07, 6.45) is 3.18. The molecule has 0 aliphatic carbocycles. The normalized spacial score (nSPS) is 11.3. The molecule has 32 heavy (non-hydrogen) atoms. The molecular formula is C23H18FN5O3. The molecule has 3 heterocycles. The molecule has 0 spiro atoms. The van der Waals surface area contributed by atoms with Crippen molar-refractivity contribution in [1.29, 1.82) is 0 Å². The second-order valence-corrected chi connectivity index (χ2v) is 7.40. The summed E-state index contributed by atoms with van der Waals surface area (Å²) in [6.45, 7) is 1.65. The van der Waals surface area contributed by atoms with E-state index in [9.17, 15) is 14.3 Å². The molecule has 1 N–H and O–H groups in total. The predicted octanol–water partition coefficient (Wildman–Crippen LogP) is 3.20.